The number of aromatic nitrogens is 6. The fourth-order valence-electron chi connectivity index (χ4n) is 3.55. The second kappa shape index (κ2) is 7.68. The van der Waals surface area contributed by atoms with Crippen molar-refractivity contribution in [3.05, 3.63) is 78.7 Å². The second-order valence-corrected chi connectivity index (χ2v) is 6.90. The molecule has 1 N–H and O–H groups in total. The molecule has 0 fully saturated rings. The van der Waals surface area contributed by atoms with E-state index < -0.39 is 0 Å². The van der Waals surface area contributed by atoms with Crippen LogP contribution >= 0.6 is 0 Å². The summed E-state index contributed by atoms with van der Waals surface area (Å²) in [6.07, 6.45) is 8.62. The van der Waals surface area contributed by atoms with Crippen molar-refractivity contribution in [3.8, 4) is 22.5 Å². The molecule has 4 rings (SSSR count). The molecule has 4 aromatic rings. The average molecular weight is 372 g/mol. The maximum Gasteiger partial charge on any atom is 0.0964 e. The number of aromatic amines is 1. The van der Waals surface area contributed by atoms with Crippen molar-refractivity contribution in [2.45, 2.75) is 33.4 Å². The van der Waals surface area contributed by atoms with E-state index in [0.29, 0.717) is 6.54 Å². The van der Waals surface area contributed by atoms with Gasteiger partial charge in [-0.1, -0.05) is 36.4 Å². The molecule has 0 unspecified atom stereocenters. The van der Waals surface area contributed by atoms with Crippen LogP contribution in [0.5, 0.6) is 0 Å². The van der Waals surface area contributed by atoms with E-state index in [0.717, 1.165) is 46.9 Å². The van der Waals surface area contributed by atoms with Gasteiger partial charge < -0.3 is 4.57 Å². The number of nitrogens with zero attached hydrogens (tertiary/aromatic N) is 5. The lowest BCUT2D eigenvalue weighted by Gasteiger charge is -2.09. The number of aryl methyl sites for hydroxylation is 3. The number of nitrogens with one attached hydrogen (secondary N) is 1. The average Bonchev–Trinajstić information content (AvgIpc) is 3.41. The van der Waals surface area contributed by atoms with Crippen molar-refractivity contribution in [1.29, 1.82) is 0 Å². The van der Waals surface area contributed by atoms with Crippen molar-refractivity contribution in [3.63, 3.8) is 0 Å². The lowest BCUT2D eigenvalue weighted by Crippen LogP contribution is -2.03. The van der Waals surface area contributed by atoms with Crippen LogP contribution in [-0.2, 0) is 19.5 Å². The van der Waals surface area contributed by atoms with Gasteiger partial charge in [0.2, 0.25) is 0 Å². The normalized spacial score (nSPS) is 11.1. The minimum atomic E-state index is 0.683. The molecule has 0 bridgehead atoms. The van der Waals surface area contributed by atoms with Gasteiger partial charge in [0.1, 0.15) is 0 Å². The summed E-state index contributed by atoms with van der Waals surface area (Å²) in [5, 5.41) is 11.8. The van der Waals surface area contributed by atoms with Gasteiger partial charge in [0.05, 0.1) is 36.2 Å². The van der Waals surface area contributed by atoms with E-state index in [9.17, 15) is 0 Å². The van der Waals surface area contributed by atoms with Crippen LogP contribution in [0.1, 0.15) is 17.0 Å². The third-order valence-corrected chi connectivity index (χ3v) is 4.99. The van der Waals surface area contributed by atoms with Gasteiger partial charge in [-0.15, -0.1) is 6.58 Å². The molecule has 6 heteroatoms. The number of hydrogen-bond donors (Lipinski definition) is 1. The molecule has 3 aromatic heterocycles. The van der Waals surface area contributed by atoms with Gasteiger partial charge in [-0.25, -0.2) is 4.98 Å². The van der Waals surface area contributed by atoms with Gasteiger partial charge >= 0.3 is 0 Å². The van der Waals surface area contributed by atoms with Gasteiger partial charge in [0.15, 0.2) is 0 Å². The third kappa shape index (κ3) is 3.41. The Hall–Kier alpha value is -3.41. The van der Waals surface area contributed by atoms with E-state index in [1.807, 2.05) is 48.4 Å². The molecule has 3 heterocycles. The lowest BCUT2D eigenvalue weighted by atomic mass is 10.1. The lowest BCUT2D eigenvalue weighted by molar-refractivity contribution is 0.695. The number of allylic oxidation sites excluding steroid dienone is 1. The Morgan fingerprint density at radius 3 is 2.68 bits per heavy atom. The van der Waals surface area contributed by atoms with E-state index in [4.69, 9.17) is 4.98 Å². The number of hydrogen-bond acceptors (Lipinski definition) is 3. The summed E-state index contributed by atoms with van der Waals surface area (Å²) in [6, 6.07) is 10.3. The first-order chi connectivity index (χ1) is 13.7. The van der Waals surface area contributed by atoms with Crippen molar-refractivity contribution in [2.75, 3.05) is 0 Å². The Morgan fingerprint density at radius 1 is 1.14 bits per heavy atom. The molecule has 142 valence electrons. The maximum atomic E-state index is 4.75. The first-order valence-corrected chi connectivity index (χ1v) is 9.42. The predicted molar refractivity (Wildman–Crippen MR) is 111 cm³/mol. The molecule has 0 aliphatic heterocycles. The van der Waals surface area contributed by atoms with E-state index in [2.05, 4.69) is 51.7 Å². The first-order valence-electron chi connectivity index (χ1n) is 9.42. The van der Waals surface area contributed by atoms with Gasteiger partial charge in [-0.3, -0.25) is 9.78 Å². The predicted octanol–water partition coefficient (Wildman–Crippen LogP) is 4.18. The molecule has 1 aromatic carbocycles. The first kappa shape index (κ1) is 18.0. The number of benzene rings is 1. The third-order valence-electron chi connectivity index (χ3n) is 4.99. The van der Waals surface area contributed by atoms with E-state index in [-0.39, 0.29) is 0 Å². The fraction of sp³-hybridized carbons (Fsp3) is 0.227. The Bertz CT molecular complexity index is 1060. The molecule has 0 radical (unpaired) electrons. The van der Waals surface area contributed by atoms with Gasteiger partial charge in [0.25, 0.3) is 0 Å². The summed E-state index contributed by atoms with van der Waals surface area (Å²) in [6.45, 7) is 9.42. The largest absolute Gasteiger partial charge is 0.330 e. The Balaban J connectivity index is 1.73. The van der Waals surface area contributed by atoms with Crippen LogP contribution in [0, 0.1) is 13.8 Å². The maximum absolute atomic E-state index is 4.75. The summed E-state index contributed by atoms with van der Waals surface area (Å²) in [5.41, 5.74) is 7.66. The number of rotatable bonds is 7. The van der Waals surface area contributed by atoms with Crippen molar-refractivity contribution in [1.82, 2.24) is 29.5 Å². The molecule has 0 saturated heterocycles. The molecule has 0 aliphatic carbocycles. The summed E-state index contributed by atoms with van der Waals surface area (Å²) >= 11 is 0. The quantitative estimate of drug-likeness (QED) is 0.495. The fourth-order valence-corrected chi connectivity index (χ4v) is 3.55. The SMILES string of the molecule is C=CCn1cc(-c2c(-c3ccccc3)ncn2CCc2c(C)n[nH]c2C)cn1. The Labute approximate surface area is 164 Å². The van der Waals surface area contributed by atoms with Crippen LogP contribution in [0.2, 0.25) is 0 Å². The van der Waals surface area contributed by atoms with Crippen molar-refractivity contribution >= 4 is 0 Å². The summed E-state index contributed by atoms with van der Waals surface area (Å²) in [4.78, 5) is 4.75. The molecular weight excluding hydrogens is 348 g/mol. The zero-order chi connectivity index (χ0) is 19.5. The summed E-state index contributed by atoms with van der Waals surface area (Å²) in [7, 11) is 0. The molecule has 0 atom stereocenters. The highest BCUT2D eigenvalue weighted by atomic mass is 15.3. The molecule has 28 heavy (non-hydrogen) atoms. The molecule has 0 saturated carbocycles. The molecular formula is C22H24N6. The van der Waals surface area contributed by atoms with Crippen LogP contribution in [0.3, 0.4) is 0 Å². The topological polar surface area (TPSA) is 64.3 Å². The van der Waals surface area contributed by atoms with E-state index in [1.54, 1.807) is 0 Å². The van der Waals surface area contributed by atoms with Gasteiger partial charge in [-0.2, -0.15) is 10.2 Å². The minimum absolute atomic E-state index is 0.683. The van der Waals surface area contributed by atoms with Crippen LogP contribution in [0.4, 0.5) is 0 Å². The highest BCUT2D eigenvalue weighted by Gasteiger charge is 2.17. The molecule has 0 aliphatic rings. The highest BCUT2D eigenvalue weighted by molar-refractivity contribution is 5.78. The number of H-pyrrole nitrogens is 1. The molecule has 0 amide bonds. The number of imidazole rings is 1. The minimum Gasteiger partial charge on any atom is -0.330 e. The smallest absolute Gasteiger partial charge is 0.0964 e. The molecule has 6 nitrogen and oxygen atoms in total. The van der Waals surface area contributed by atoms with Gasteiger partial charge in [0, 0.05) is 29.6 Å². The zero-order valence-corrected chi connectivity index (χ0v) is 16.3. The van der Waals surface area contributed by atoms with Crippen LogP contribution in [0.25, 0.3) is 22.5 Å². The van der Waals surface area contributed by atoms with Crippen LogP contribution < -0.4 is 0 Å². The standard InChI is InChI=1S/C22H24N6/c1-4-11-28-14-19(13-24-28)22-21(18-8-6-5-7-9-18)23-15-27(22)12-10-20-16(2)25-26-17(20)3/h4-9,13-15H,1,10-12H2,2-3H3,(H,25,26). The highest BCUT2D eigenvalue weighted by Crippen LogP contribution is 2.31. The summed E-state index contributed by atoms with van der Waals surface area (Å²) in [5.74, 6) is 0. The van der Waals surface area contributed by atoms with Crippen molar-refractivity contribution in [2.24, 2.45) is 0 Å². The van der Waals surface area contributed by atoms with Gasteiger partial charge in [-0.05, 0) is 25.8 Å². The monoisotopic (exact) mass is 372 g/mol. The van der Waals surface area contributed by atoms with Crippen LogP contribution in [0.15, 0.2) is 61.7 Å². The zero-order valence-electron chi connectivity index (χ0n) is 16.3. The van der Waals surface area contributed by atoms with E-state index in [1.165, 1.54) is 5.56 Å². The summed E-state index contributed by atoms with van der Waals surface area (Å²) < 4.78 is 4.10. The van der Waals surface area contributed by atoms with Crippen LogP contribution in [-0.4, -0.2) is 29.5 Å². The van der Waals surface area contributed by atoms with Crippen molar-refractivity contribution < 1.29 is 0 Å². The molecule has 0 spiro atoms. The Morgan fingerprint density at radius 2 is 1.96 bits per heavy atom. The second-order valence-electron chi connectivity index (χ2n) is 6.90. The Kier molecular flexibility index (Phi) is 4.93. The van der Waals surface area contributed by atoms with E-state index >= 15 is 0 Å².